The van der Waals surface area contributed by atoms with E-state index in [1.165, 1.54) is 0 Å². The van der Waals surface area contributed by atoms with Gasteiger partial charge in [-0.25, -0.2) is 0 Å². The standard InChI is InChI=1S/C29H32N8O3/c38-22-9-6-17(7-10-22)13-26(33-27(39)24-12-18-5-8-19(24)11-18)28(40)32-21(16-31-29-34-36-37-35-29)14-20-15-30-25-4-2-1-3-23(20)25/h1-10,15,18-19,21,24,26,30,38H,11-14,16H2,(H,32,40)(H,33,39)(H2,31,34,35,36,37)/t18-,19+,21?,24-,26?/m1/s1. The number of benzene rings is 2. The lowest BCUT2D eigenvalue weighted by Crippen LogP contribution is -2.53. The van der Waals surface area contributed by atoms with Gasteiger partial charge in [-0.05, 0) is 65.6 Å². The van der Waals surface area contributed by atoms with Crippen molar-refractivity contribution in [2.75, 3.05) is 11.9 Å². The maximum absolute atomic E-state index is 13.8. The number of aromatic nitrogens is 5. The quantitative estimate of drug-likeness (QED) is 0.159. The van der Waals surface area contributed by atoms with Crippen LogP contribution in [0.4, 0.5) is 5.95 Å². The van der Waals surface area contributed by atoms with Crippen molar-refractivity contribution in [3.05, 3.63) is 78.0 Å². The van der Waals surface area contributed by atoms with Gasteiger partial charge in [-0.2, -0.15) is 5.21 Å². The van der Waals surface area contributed by atoms with Crippen LogP contribution in [0.2, 0.25) is 0 Å². The third kappa shape index (κ3) is 5.68. The molecule has 11 nitrogen and oxygen atoms in total. The van der Waals surface area contributed by atoms with Crippen LogP contribution in [0, 0.1) is 17.8 Å². The highest BCUT2D eigenvalue weighted by molar-refractivity contribution is 5.89. The van der Waals surface area contributed by atoms with Gasteiger partial charge in [-0.3, -0.25) is 9.59 Å². The Labute approximate surface area is 230 Å². The predicted molar refractivity (Wildman–Crippen MR) is 149 cm³/mol. The molecular weight excluding hydrogens is 508 g/mol. The maximum atomic E-state index is 13.8. The largest absolute Gasteiger partial charge is 0.508 e. The highest BCUT2D eigenvalue weighted by Crippen LogP contribution is 2.43. The Balaban J connectivity index is 1.21. The van der Waals surface area contributed by atoms with E-state index in [9.17, 15) is 14.7 Å². The van der Waals surface area contributed by atoms with Crippen molar-refractivity contribution >= 4 is 28.7 Å². The molecule has 2 aromatic carbocycles. The second-order valence-electron chi connectivity index (χ2n) is 10.7. The lowest BCUT2D eigenvalue weighted by atomic mass is 9.92. The Morgan fingerprint density at radius 2 is 1.88 bits per heavy atom. The molecule has 0 spiro atoms. The molecule has 40 heavy (non-hydrogen) atoms. The molecule has 2 aliphatic carbocycles. The van der Waals surface area contributed by atoms with E-state index in [-0.39, 0.29) is 35.4 Å². The van der Waals surface area contributed by atoms with Gasteiger partial charge in [0, 0.05) is 36.0 Å². The van der Waals surface area contributed by atoms with E-state index in [2.05, 4.69) is 53.7 Å². The number of phenols is 1. The van der Waals surface area contributed by atoms with Crippen molar-refractivity contribution in [2.45, 2.75) is 37.8 Å². The first-order valence-corrected chi connectivity index (χ1v) is 13.6. The molecule has 1 fully saturated rings. The zero-order chi connectivity index (χ0) is 27.5. The first kappa shape index (κ1) is 25.6. The van der Waals surface area contributed by atoms with E-state index < -0.39 is 6.04 Å². The van der Waals surface area contributed by atoms with Crippen molar-refractivity contribution in [3.8, 4) is 5.75 Å². The van der Waals surface area contributed by atoms with E-state index >= 15 is 0 Å². The lowest BCUT2D eigenvalue weighted by Gasteiger charge is -2.26. The molecule has 0 saturated heterocycles. The molecule has 1 saturated carbocycles. The minimum atomic E-state index is -0.782. The molecule has 2 bridgehead atoms. The summed E-state index contributed by atoms with van der Waals surface area (Å²) in [5.41, 5.74) is 2.92. The molecule has 4 aromatic rings. The predicted octanol–water partition coefficient (Wildman–Crippen LogP) is 2.47. The number of tetrazole rings is 1. The van der Waals surface area contributed by atoms with Crippen molar-refractivity contribution in [1.29, 1.82) is 0 Å². The number of para-hydroxylation sites is 1. The SMILES string of the molecule is O=C(NC(CNc1nn[nH]n1)Cc1c[nH]c2ccccc12)C(Cc1ccc(O)cc1)NC(=O)[C@@H]1C[C@@H]2C=C[C@H]1C2. The average Bonchev–Trinajstić information content (AvgIpc) is 3.78. The number of phenolic OH excluding ortho intramolecular Hbond substituents is 1. The monoisotopic (exact) mass is 540 g/mol. The number of rotatable bonds is 11. The lowest BCUT2D eigenvalue weighted by molar-refractivity contribution is -0.131. The minimum Gasteiger partial charge on any atom is -0.508 e. The highest BCUT2D eigenvalue weighted by atomic mass is 16.3. The fourth-order valence-corrected chi connectivity index (χ4v) is 5.93. The average molecular weight is 541 g/mol. The van der Waals surface area contributed by atoms with Gasteiger partial charge < -0.3 is 26.0 Å². The fourth-order valence-electron chi connectivity index (χ4n) is 5.93. The highest BCUT2D eigenvalue weighted by Gasteiger charge is 2.40. The van der Waals surface area contributed by atoms with Crippen molar-refractivity contribution in [3.63, 3.8) is 0 Å². The van der Waals surface area contributed by atoms with E-state index in [0.717, 1.165) is 34.9 Å². The Morgan fingerprint density at radius 1 is 1.02 bits per heavy atom. The first-order valence-electron chi connectivity index (χ1n) is 13.6. The van der Waals surface area contributed by atoms with Gasteiger partial charge >= 0.3 is 0 Å². The summed E-state index contributed by atoms with van der Waals surface area (Å²) in [7, 11) is 0. The van der Waals surface area contributed by atoms with Crippen LogP contribution < -0.4 is 16.0 Å². The Bertz CT molecular complexity index is 1500. The second-order valence-corrected chi connectivity index (χ2v) is 10.7. The second kappa shape index (κ2) is 11.2. The number of carbonyl (C=O) groups excluding carboxylic acids is 2. The number of H-pyrrole nitrogens is 2. The first-order chi connectivity index (χ1) is 19.5. The maximum Gasteiger partial charge on any atom is 0.263 e. The summed E-state index contributed by atoms with van der Waals surface area (Å²) in [5.74, 6) is 0.671. The van der Waals surface area contributed by atoms with Crippen molar-refractivity contribution in [2.24, 2.45) is 17.8 Å². The summed E-state index contributed by atoms with van der Waals surface area (Å²) in [6.07, 6.45) is 8.94. The smallest absolute Gasteiger partial charge is 0.263 e. The zero-order valence-corrected chi connectivity index (χ0v) is 21.9. The summed E-state index contributed by atoms with van der Waals surface area (Å²) >= 11 is 0. The van der Waals surface area contributed by atoms with Gasteiger partial charge in [0.05, 0.1) is 6.04 Å². The van der Waals surface area contributed by atoms with Gasteiger partial charge in [0.2, 0.25) is 11.8 Å². The number of hydrogen-bond acceptors (Lipinski definition) is 7. The van der Waals surface area contributed by atoms with Gasteiger partial charge in [0.1, 0.15) is 11.8 Å². The van der Waals surface area contributed by atoms with Crippen molar-refractivity contribution in [1.82, 2.24) is 36.2 Å². The minimum absolute atomic E-state index is 0.0890. The van der Waals surface area contributed by atoms with E-state index in [0.29, 0.717) is 31.3 Å². The molecule has 2 unspecified atom stereocenters. The van der Waals surface area contributed by atoms with Crippen LogP contribution in [0.15, 0.2) is 66.9 Å². The number of aromatic hydroxyl groups is 1. The van der Waals surface area contributed by atoms with Gasteiger partial charge in [-0.15, -0.1) is 5.10 Å². The van der Waals surface area contributed by atoms with Crippen LogP contribution in [0.3, 0.4) is 0 Å². The molecule has 2 aliphatic rings. The number of amides is 2. The Morgan fingerprint density at radius 3 is 2.62 bits per heavy atom. The van der Waals surface area contributed by atoms with Crippen molar-refractivity contribution < 1.29 is 14.7 Å². The van der Waals surface area contributed by atoms with Crippen LogP contribution in [0.25, 0.3) is 10.9 Å². The number of nitrogens with one attached hydrogen (secondary N) is 5. The van der Waals surface area contributed by atoms with Gasteiger partial charge in [0.25, 0.3) is 5.95 Å². The topological polar surface area (TPSA) is 161 Å². The Kier molecular flexibility index (Phi) is 7.17. The summed E-state index contributed by atoms with van der Waals surface area (Å²) < 4.78 is 0. The van der Waals surface area contributed by atoms with E-state index in [4.69, 9.17) is 0 Å². The summed E-state index contributed by atoms with van der Waals surface area (Å²) in [6, 6.07) is 13.6. The van der Waals surface area contributed by atoms with Crippen LogP contribution in [0.5, 0.6) is 5.75 Å². The number of fused-ring (bicyclic) bond motifs is 3. The van der Waals surface area contributed by atoms with Crippen LogP contribution >= 0.6 is 0 Å². The summed E-state index contributed by atoms with van der Waals surface area (Å²) in [5, 5.41) is 34.1. The zero-order valence-electron chi connectivity index (χ0n) is 21.9. The molecule has 206 valence electrons. The molecule has 2 heterocycles. The summed E-state index contributed by atoms with van der Waals surface area (Å²) in [4.78, 5) is 30.5. The molecule has 6 rings (SSSR count). The molecule has 11 heteroatoms. The number of allylic oxidation sites excluding steroid dienone is 2. The number of hydrogen-bond donors (Lipinski definition) is 6. The summed E-state index contributed by atoms with van der Waals surface area (Å²) in [6.45, 7) is 0.349. The van der Waals surface area contributed by atoms with E-state index in [1.54, 1.807) is 24.3 Å². The van der Waals surface area contributed by atoms with E-state index in [1.807, 2.05) is 30.5 Å². The fraction of sp³-hybridized carbons (Fsp3) is 0.345. The molecular formula is C29H32N8O3. The normalized spacial score (nSPS) is 20.9. The van der Waals surface area contributed by atoms with Crippen LogP contribution in [-0.2, 0) is 22.4 Å². The molecule has 5 atom stereocenters. The number of nitrogens with zero attached hydrogens (tertiary/aromatic N) is 3. The Hall–Kier alpha value is -4.67. The third-order valence-corrected chi connectivity index (χ3v) is 7.96. The molecule has 6 N–H and O–H groups in total. The number of aromatic amines is 2. The molecule has 2 aromatic heterocycles. The molecule has 2 amide bonds. The van der Waals surface area contributed by atoms with Gasteiger partial charge in [0.15, 0.2) is 0 Å². The molecule has 0 aliphatic heterocycles. The number of anilines is 1. The van der Waals surface area contributed by atoms with Crippen LogP contribution in [-0.4, -0.2) is 61.2 Å². The molecule has 0 radical (unpaired) electrons. The van der Waals surface area contributed by atoms with Gasteiger partial charge in [-0.1, -0.05) is 47.6 Å². The van der Waals surface area contributed by atoms with Crippen LogP contribution in [0.1, 0.15) is 24.0 Å². The third-order valence-electron chi connectivity index (χ3n) is 7.96. The number of carbonyl (C=O) groups is 2.